The van der Waals surface area contributed by atoms with Gasteiger partial charge in [0.15, 0.2) is 0 Å². The second-order valence-corrected chi connectivity index (χ2v) is 6.49. The lowest BCUT2D eigenvalue weighted by Crippen LogP contribution is -2.31. The fourth-order valence-corrected chi connectivity index (χ4v) is 3.34. The number of carbonyl (C=O) groups is 1. The van der Waals surface area contributed by atoms with E-state index in [1.165, 1.54) is 11.1 Å². The minimum atomic E-state index is 0.00973. The van der Waals surface area contributed by atoms with Crippen LogP contribution in [0.25, 0.3) is 0 Å². The molecule has 1 N–H and O–H groups in total. The van der Waals surface area contributed by atoms with Crippen LogP contribution in [0.3, 0.4) is 0 Å². The molecule has 0 saturated carbocycles. The lowest BCUT2D eigenvalue weighted by atomic mass is 9.87. The van der Waals surface area contributed by atoms with E-state index >= 15 is 0 Å². The van der Waals surface area contributed by atoms with Gasteiger partial charge in [0.05, 0.1) is 6.04 Å². The fourth-order valence-electron chi connectivity index (χ4n) is 2.98. The SMILES string of the molecule is Cc1ccc(Br)cc1C(=O)NC1CCCc2ccccc21. The average molecular weight is 344 g/mol. The number of carbonyl (C=O) groups excluding carboxylic acids is 1. The van der Waals surface area contributed by atoms with E-state index in [0.29, 0.717) is 0 Å². The summed E-state index contributed by atoms with van der Waals surface area (Å²) in [4.78, 5) is 12.6. The number of halogens is 1. The second-order valence-electron chi connectivity index (χ2n) is 5.58. The van der Waals surface area contributed by atoms with E-state index in [0.717, 1.165) is 34.9 Å². The summed E-state index contributed by atoms with van der Waals surface area (Å²) >= 11 is 3.44. The minimum Gasteiger partial charge on any atom is -0.345 e. The number of hydrogen-bond acceptors (Lipinski definition) is 1. The van der Waals surface area contributed by atoms with Gasteiger partial charge in [-0.2, -0.15) is 0 Å². The van der Waals surface area contributed by atoms with Gasteiger partial charge in [0, 0.05) is 10.0 Å². The molecule has 108 valence electrons. The first-order chi connectivity index (χ1) is 10.1. The van der Waals surface area contributed by atoms with E-state index in [4.69, 9.17) is 0 Å². The van der Waals surface area contributed by atoms with Crippen LogP contribution in [-0.2, 0) is 6.42 Å². The Bertz CT molecular complexity index is 681. The summed E-state index contributed by atoms with van der Waals surface area (Å²) in [7, 11) is 0. The molecule has 0 spiro atoms. The van der Waals surface area contributed by atoms with Gasteiger partial charge >= 0.3 is 0 Å². The Labute approximate surface area is 133 Å². The van der Waals surface area contributed by atoms with E-state index < -0.39 is 0 Å². The zero-order chi connectivity index (χ0) is 14.8. The van der Waals surface area contributed by atoms with Crippen molar-refractivity contribution in [1.82, 2.24) is 5.32 Å². The van der Waals surface area contributed by atoms with Crippen LogP contribution < -0.4 is 5.32 Å². The highest BCUT2D eigenvalue weighted by molar-refractivity contribution is 9.10. The highest BCUT2D eigenvalue weighted by atomic mass is 79.9. The Hall–Kier alpha value is -1.61. The zero-order valence-electron chi connectivity index (χ0n) is 12.0. The Morgan fingerprint density at radius 2 is 2.05 bits per heavy atom. The Balaban J connectivity index is 1.84. The molecule has 0 saturated heterocycles. The molecule has 0 bridgehead atoms. The molecule has 0 heterocycles. The van der Waals surface area contributed by atoms with Crippen molar-refractivity contribution in [2.24, 2.45) is 0 Å². The lowest BCUT2D eigenvalue weighted by Gasteiger charge is -2.26. The number of nitrogens with one attached hydrogen (secondary N) is 1. The van der Waals surface area contributed by atoms with Crippen molar-refractivity contribution >= 4 is 21.8 Å². The number of rotatable bonds is 2. The first-order valence-corrected chi connectivity index (χ1v) is 8.09. The first kappa shape index (κ1) is 14.3. The topological polar surface area (TPSA) is 29.1 Å². The van der Waals surface area contributed by atoms with Crippen molar-refractivity contribution in [2.45, 2.75) is 32.2 Å². The van der Waals surface area contributed by atoms with E-state index in [2.05, 4.69) is 39.4 Å². The molecule has 3 heteroatoms. The fraction of sp³-hybridized carbons (Fsp3) is 0.278. The van der Waals surface area contributed by atoms with Gasteiger partial charge in [-0.05, 0) is 55.0 Å². The van der Waals surface area contributed by atoms with Gasteiger partial charge in [-0.15, -0.1) is 0 Å². The highest BCUT2D eigenvalue weighted by Gasteiger charge is 2.22. The summed E-state index contributed by atoms with van der Waals surface area (Å²) in [6, 6.07) is 14.4. The predicted octanol–water partition coefficient (Wildman–Crippen LogP) is 4.56. The average Bonchev–Trinajstić information content (AvgIpc) is 2.50. The summed E-state index contributed by atoms with van der Waals surface area (Å²) < 4.78 is 0.933. The third-order valence-corrected chi connectivity index (χ3v) is 4.61. The van der Waals surface area contributed by atoms with Crippen LogP contribution >= 0.6 is 15.9 Å². The molecule has 2 aromatic rings. The highest BCUT2D eigenvalue weighted by Crippen LogP contribution is 2.30. The quantitative estimate of drug-likeness (QED) is 0.850. The maximum Gasteiger partial charge on any atom is 0.252 e. The van der Waals surface area contributed by atoms with E-state index in [1.54, 1.807) is 0 Å². The van der Waals surface area contributed by atoms with Crippen molar-refractivity contribution in [2.75, 3.05) is 0 Å². The van der Waals surface area contributed by atoms with Gasteiger partial charge in [-0.1, -0.05) is 46.3 Å². The number of hydrogen-bond donors (Lipinski definition) is 1. The van der Waals surface area contributed by atoms with Crippen molar-refractivity contribution in [3.8, 4) is 0 Å². The maximum atomic E-state index is 12.6. The van der Waals surface area contributed by atoms with E-state index in [1.807, 2.05) is 31.2 Å². The van der Waals surface area contributed by atoms with Gasteiger partial charge in [0.2, 0.25) is 0 Å². The molecule has 0 fully saturated rings. The molecule has 21 heavy (non-hydrogen) atoms. The van der Waals surface area contributed by atoms with Crippen LogP contribution in [0, 0.1) is 6.92 Å². The molecular weight excluding hydrogens is 326 g/mol. The Morgan fingerprint density at radius 1 is 1.24 bits per heavy atom. The molecule has 0 radical (unpaired) electrons. The largest absolute Gasteiger partial charge is 0.345 e. The van der Waals surface area contributed by atoms with Crippen molar-refractivity contribution in [3.05, 3.63) is 69.2 Å². The normalized spacial score (nSPS) is 17.1. The predicted molar refractivity (Wildman–Crippen MR) is 88.5 cm³/mol. The molecule has 1 aliphatic rings. The third kappa shape index (κ3) is 3.03. The van der Waals surface area contributed by atoms with Crippen LogP contribution in [-0.4, -0.2) is 5.91 Å². The molecule has 1 aliphatic carbocycles. The third-order valence-electron chi connectivity index (χ3n) is 4.12. The molecule has 0 aliphatic heterocycles. The molecule has 3 rings (SSSR count). The summed E-state index contributed by atoms with van der Waals surface area (Å²) in [5.41, 5.74) is 4.37. The number of fused-ring (bicyclic) bond motifs is 1. The Kier molecular flexibility index (Phi) is 4.11. The van der Waals surface area contributed by atoms with Crippen LogP contribution in [0.5, 0.6) is 0 Å². The van der Waals surface area contributed by atoms with Gasteiger partial charge in [-0.3, -0.25) is 4.79 Å². The summed E-state index contributed by atoms with van der Waals surface area (Å²) in [6.07, 6.45) is 3.24. The number of benzene rings is 2. The summed E-state index contributed by atoms with van der Waals surface area (Å²) in [5.74, 6) is 0.00973. The number of aryl methyl sites for hydroxylation is 2. The van der Waals surface area contributed by atoms with E-state index in [9.17, 15) is 4.79 Å². The molecule has 1 unspecified atom stereocenters. The zero-order valence-corrected chi connectivity index (χ0v) is 13.6. The monoisotopic (exact) mass is 343 g/mol. The smallest absolute Gasteiger partial charge is 0.252 e. The Morgan fingerprint density at radius 3 is 2.90 bits per heavy atom. The van der Waals surface area contributed by atoms with Crippen molar-refractivity contribution in [3.63, 3.8) is 0 Å². The van der Waals surface area contributed by atoms with Crippen LogP contribution in [0.2, 0.25) is 0 Å². The van der Waals surface area contributed by atoms with Gasteiger partial charge in [0.25, 0.3) is 5.91 Å². The molecule has 1 atom stereocenters. The number of amides is 1. The van der Waals surface area contributed by atoms with Gasteiger partial charge < -0.3 is 5.32 Å². The van der Waals surface area contributed by atoms with Crippen LogP contribution in [0.4, 0.5) is 0 Å². The molecule has 2 aromatic carbocycles. The van der Waals surface area contributed by atoms with E-state index in [-0.39, 0.29) is 11.9 Å². The van der Waals surface area contributed by atoms with Gasteiger partial charge in [0.1, 0.15) is 0 Å². The minimum absolute atomic E-state index is 0.00973. The van der Waals surface area contributed by atoms with Crippen LogP contribution in [0.15, 0.2) is 46.9 Å². The summed E-state index contributed by atoms with van der Waals surface area (Å²) in [5, 5.41) is 3.20. The van der Waals surface area contributed by atoms with Crippen molar-refractivity contribution in [1.29, 1.82) is 0 Å². The second kappa shape index (κ2) is 6.02. The van der Waals surface area contributed by atoms with Crippen molar-refractivity contribution < 1.29 is 4.79 Å². The van der Waals surface area contributed by atoms with Crippen LogP contribution in [0.1, 0.15) is 45.9 Å². The molecule has 2 nitrogen and oxygen atoms in total. The lowest BCUT2D eigenvalue weighted by molar-refractivity contribution is 0.0932. The molecular formula is C18H18BrNO. The maximum absolute atomic E-state index is 12.6. The molecule has 0 aromatic heterocycles. The van der Waals surface area contributed by atoms with Gasteiger partial charge in [-0.25, -0.2) is 0 Å². The summed E-state index contributed by atoms with van der Waals surface area (Å²) in [6.45, 7) is 1.97. The first-order valence-electron chi connectivity index (χ1n) is 7.30. The molecule has 1 amide bonds. The standard InChI is InChI=1S/C18H18BrNO/c1-12-9-10-14(19)11-16(12)18(21)20-17-8-4-6-13-5-2-3-7-15(13)17/h2-3,5,7,9-11,17H,4,6,8H2,1H3,(H,20,21).